The second-order valence-corrected chi connectivity index (χ2v) is 5.55. The summed E-state index contributed by atoms with van der Waals surface area (Å²) in [7, 11) is 0. The van der Waals surface area contributed by atoms with Gasteiger partial charge < -0.3 is 10.8 Å². The molecule has 1 rings (SSSR count). The molecule has 1 aromatic rings. The van der Waals surface area contributed by atoms with Crippen molar-refractivity contribution < 1.29 is 5.11 Å². The summed E-state index contributed by atoms with van der Waals surface area (Å²) in [5, 5.41) is 10.5. The molecule has 16 heavy (non-hydrogen) atoms. The summed E-state index contributed by atoms with van der Waals surface area (Å²) in [5.41, 5.74) is 6.52. The van der Waals surface area contributed by atoms with E-state index in [0.29, 0.717) is 23.7 Å². The maximum absolute atomic E-state index is 9.91. The van der Waals surface area contributed by atoms with Gasteiger partial charge in [0.15, 0.2) is 0 Å². The highest BCUT2D eigenvalue weighted by atomic mass is 35.5. The Morgan fingerprint density at radius 1 is 1.50 bits per heavy atom. The van der Waals surface area contributed by atoms with Crippen LogP contribution in [0.1, 0.15) is 32.8 Å². The molecule has 0 radical (unpaired) electrons. The molecule has 3 nitrogen and oxygen atoms in total. The summed E-state index contributed by atoms with van der Waals surface area (Å²) in [4.78, 5) is 3.98. The third-order valence-corrected chi connectivity index (χ3v) is 2.86. The third-order valence-electron chi connectivity index (χ3n) is 2.65. The van der Waals surface area contributed by atoms with Crippen LogP contribution in [-0.2, 0) is 6.42 Å². The van der Waals surface area contributed by atoms with Crippen LogP contribution in [0.4, 0.5) is 5.82 Å². The third kappa shape index (κ3) is 3.65. The topological polar surface area (TPSA) is 59.1 Å². The first-order valence-electron chi connectivity index (χ1n) is 5.38. The SMILES string of the molecule is CC(C)(C)C(O)CCc1cc(Cl)cnc1N. The van der Waals surface area contributed by atoms with Gasteiger partial charge in [0.1, 0.15) is 5.82 Å². The fourth-order valence-corrected chi connectivity index (χ4v) is 1.60. The van der Waals surface area contributed by atoms with Crippen LogP contribution in [-0.4, -0.2) is 16.2 Å². The van der Waals surface area contributed by atoms with E-state index >= 15 is 0 Å². The molecule has 1 aromatic heterocycles. The number of aromatic nitrogens is 1. The molecule has 0 aromatic carbocycles. The molecule has 0 amide bonds. The molecule has 1 heterocycles. The number of halogens is 1. The van der Waals surface area contributed by atoms with Gasteiger partial charge in [0.25, 0.3) is 0 Å². The number of hydrogen-bond acceptors (Lipinski definition) is 3. The summed E-state index contributed by atoms with van der Waals surface area (Å²) in [6, 6.07) is 1.80. The maximum Gasteiger partial charge on any atom is 0.126 e. The van der Waals surface area contributed by atoms with Crippen molar-refractivity contribution in [3.8, 4) is 0 Å². The number of hydrogen-bond donors (Lipinski definition) is 2. The van der Waals surface area contributed by atoms with Gasteiger partial charge in [0.2, 0.25) is 0 Å². The molecular formula is C12H19ClN2O. The van der Waals surface area contributed by atoms with E-state index < -0.39 is 0 Å². The largest absolute Gasteiger partial charge is 0.393 e. The van der Waals surface area contributed by atoms with E-state index in [-0.39, 0.29) is 11.5 Å². The summed E-state index contributed by atoms with van der Waals surface area (Å²) >= 11 is 5.84. The van der Waals surface area contributed by atoms with E-state index in [1.807, 2.05) is 20.8 Å². The number of rotatable bonds is 3. The number of anilines is 1. The number of aliphatic hydroxyl groups is 1. The molecule has 0 saturated heterocycles. The molecular weight excluding hydrogens is 224 g/mol. The summed E-state index contributed by atoms with van der Waals surface area (Å²) in [5.74, 6) is 0.491. The lowest BCUT2D eigenvalue weighted by atomic mass is 9.86. The number of pyridine rings is 1. The van der Waals surface area contributed by atoms with E-state index in [9.17, 15) is 5.11 Å². The van der Waals surface area contributed by atoms with Crippen LogP contribution >= 0.6 is 11.6 Å². The van der Waals surface area contributed by atoms with E-state index in [0.717, 1.165) is 5.56 Å². The molecule has 90 valence electrons. The van der Waals surface area contributed by atoms with Gasteiger partial charge in [-0.25, -0.2) is 4.98 Å². The van der Waals surface area contributed by atoms with Gasteiger partial charge in [-0.15, -0.1) is 0 Å². The zero-order valence-corrected chi connectivity index (χ0v) is 10.8. The standard InChI is InChI=1S/C12H19ClN2O/c1-12(2,3)10(16)5-4-8-6-9(13)7-15-11(8)14/h6-7,10,16H,4-5H2,1-3H3,(H2,14,15). The second kappa shape index (κ2) is 5.02. The van der Waals surface area contributed by atoms with Gasteiger partial charge in [-0.05, 0) is 29.9 Å². The Kier molecular flexibility index (Phi) is 4.16. The monoisotopic (exact) mass is 242 g/mol. The Bertz CT molecular complexity index is 361. The van der Waals surface area contributed by atoms with E-state index in [4.69, 9.17) is 17.3 Å². The van der Waals surface area contributed by atoms with Crippen molar-refractivity contribution in [1.29, 1.82) is 0 Å². The highest BCUT2D eigenvalue weighted by Crippen LogP contribution is 2.24. The molecule has 0 spiro atoms. The summed E-state index contributed by atoms with van der Waals surface area (Å²) < 4.78 is 0. The Labute approximate surface area is 102 Å². The van der Waals surface area contributed by atoms with Gasteiger partial charge in [0.05, 0.1) is 11.1 Å². The van der Waals surface area contributed by atoms with Crippen molar-refractivity contribution in [2.75, 3.05) is 5.73 Å². The number of aryl methyl sites for hydroxylation is 1. The van der Waals surface area contributed by atoms with E-state index in [1.54, 1.807) is 6.07 Å². The second-order valence-electron chi connectivity index (χ2n) is 5.12. The van der Waals surface area contributed by atoms with E-state index in [2.05, 4.69) is 4.98 Å². The molecule has 0 saturated carbocycles. The van der Waals surface area contributed by atoms with Gasteiger partial charge >= 0.3 is 0 Å². The lowest BCUT2D eigenvalue weighted by molar-refractivity contribution is 0.0560. The molecule has 1 atom stereocenters. The fourth-order valence-electron chi connectivity index (χ4n) is 1.42. The maximum atomic E-state index is 9.91. The molecule has 0 aliphatic rings. The molecule has 0 fully saturated rings. The van der Waals surface area contributed by atoms with Gasteiger partial charge in [-0.2, -0.15) is 0 Å². The lowest BCUT2D eigenvalue weighted by Gasteiger charge is -2.25. The Morgan fingerprint density at radius 3 is 2.69 bits per heavy atom. The van der Waals surface area contributed by atoms with Crippen LogP contribution in [0.25, 0.3) is 0 Å². The fraction of sp³-hybridized carbons (Fsp3) is 0.583. The summed E-state index contributed by atoms with van der Waals surface area (Å²) in [6.07, 6.45) is 2.53. The Balaban J connectivity index is 2.64. The van der Waals surface area contributed by atoms with Crippen molar-refractivity contribution in [2.45, 2.75) is 39.7 Å². The quantitative estimate of drug-likeness (QED) is 0.857. The number of aliphatic hydroxyl groups excluding tert-OH is 1. The van der Waals surface area contributed by atoms with Gasteiger partial charge in [-0.1, -0.05) is 32.4 Å². The van der Waals surface area contributed by atoms with Crippen LogP contribution in [0.2, 0.25) is 5.02 Å². The number of nitrogen functional groups attached to an aromatic ring is 1. The van der Waals surface area contributed by atoms with E-state index in [1.165, 1.54) is 6.20 Å². The normalized spacial score (nSPS) is 13.8. The van der Waals surface area contributed by atoms with Crippen molar-refractivity contribution in [2.24, 2.45) is 5.41 Å². The first kappa shape index (κ1) is 13.3. The highest BCUT2D eigenvalue weighted by molar-refractivity contribution is 6.30. The van der Waals surface area contributed by atoms with Crippen molar-refractivity contribution >= 4 is 17.4 Å². The van der Waals surface area contributed by atoms with Crippen LogP contribution < -0.4 is 5.73 Å². The minimum atomic E-state index is -0.356. The number of nitrogens with zero attached hydrogens (tertiary/aromatic N) is 1. The first-order chi connectivity index (χ1) is 7.30. The van der Waals surface area contributed by atoms with Gasteiger partial charge in [-0.3, -0.25) is 0 Å². The van der Waals surface area contributed by atoms with Gasteiger partial charge in [0, 0.05) is 6.20 Å². The predicted octanol–water partition coefficient (Wildman–Crippen LogP) is 2.66. The molecule has 0 aliphatic heterocycles. The molecule has 0 bridgehead atoms. The van der Waals surface area contributed by atoms with Crippen LogP contribution in [0.3, 0.4) is 0 Å². The Hall–Kier alpha value is -0.800. The first-order valence-corrected chi connectivity index (χ1v) is 5.76. The van der Waals surface area contributed by atoms with Crippen molar-refractivity contribution in [1.82, 2.24) is 4.98 Å². The molecule has 1 unspecified atom stereocenters. The average molecular weight is 243 g/mol. The highest BCUT2D eigenvalue weighted by Gasteiger charge is 2.21. The minimum absolute atomic E-state index is 0.110. The van der Waals surface area contributed by atoms with Crippen LogP contribution in [0.15, 0.2) is 12.3 Å². The predicted molar refractivity (Wildman–Crippen MR) is 67.4 cm³/mol. The van der Waals surface area contributed by atoms with Crippen LogP contribution in [0.5, 0.6) is 0 Å². The smallest absolute Gasteiger partial charge is 0.126 e. The molecule has 0 aliphatic carbocycles. The van der Waals surface area contributed by atoms with Crippen molar-refractivity contribution in [3.63, 3.8) is 0 Å². The van der Waals surface area contributed by atoms with Crippen molar-refractivity contribution in [3.05, 3.63) is 22.8 Å². The number of nitrogens with two attached hydrogens (primary N) is 1. The molecule has 3 N–H and O–H groups in total. The zero-order chi connectivity index (χ0) is 12.3. The lowest BCUT2D eigenvalue weighted by Crippen LogP contribution is -2.26. The minimum Gasteiger partial charge on any atom is -0.393 e. The Morgan fingerprint density at radius 2 is 2.12 bits per heavy atom. The molecule has 4 heteroatoms. The summed E-state index contributed by atoms with van der Waals surface area (Å²) in [6.45, 7) is 6.03. The van der Waals surface area contributed by atoms with Crippen LogP contribution in [0, 0.1) is 5.41 Å². The zero-order valence-electron chi connectivity index (χ0n) is 10.00. The average Bonchev–Trinajstić information content (AvgIpc) is 2.17.